The molecule has 120 valence electrons. The van der Waals surface area contributed by atoms with Crippen LogP contribution in [0.15, 0.2) is 45.2 Å². The third-order valence-electron chi connectivity index (χ3n) is 3.56. The third kappa shape index (κ3) is 3.79. The number of aryl methyl sites for hydroxylation is 2. The van der Waals surface area contributed by atoms with Crippen LogP contribution in [0.2, 0.25) is 0 Å². The summed E-state index contributed by atoms with van der Waals surface area (Å²) in [5, 5.41) is 0.589. The quantitative estimate of drug-likeness (QED) is 0.636. The second-order valence-corrected chi connectivity index (χ2v) is 7.26. The number of thioether (sulfide) groups is 2. The van der Waals surface area contributed by atoms with E-state index in [1.54, 1.807) is 16.3 Å². The van der Waals surface area contributed by atoms with Crippen LogP contribution in [-0.4, -0.2) is 27.0 Å². The number of hydrogen-bond donors (Lipinski definition) is 1. The van der Waals surface area contributed by atoms with E-state index >= 15 is 0 Å². The Labute approximate surface area is 142 Å². The molecule has 0 atom stereocenters. The van der Waals surface area contributed by atoms with E-state index in [1.807, 2.05) is 30.3 Å². The zero-order valence-corrected chi connectivity index (χ0v) is 14.2. The minimum Gasteiger partial charge on any atom is -0.369 e. The molecule has 23 heavy (non-hydrogen) atoms. The first kappa shape index (κ1) is 16.1. The largest absolute Gasteiger partial charge is 0.369 e. The average molecular weight is 347 g/mol. The summed E-state index contributed by atoms with van der Waals surface area (Å²) in [5.41, 5.74) is 7.24. The number of nitrogens with zero attached hydrogens (tertiary/aromatic N) is 2. The maximum Gasteiger partial charge on any atom is 0.268 e. The summed E-state index contributed by atoms with van der Waals surface area (Å²) in [6, 6.07) is 10.0. The minimum atomic E-state index is -0.409. The number of fused-ring (bicyclic) bond motifs is 1. The summed E-state index contributed by atoms with van der Waals surface area (Å²) in [4.78, 5) is 29.1. The maximum absolute atomic E-state index is 12.7. The Balaban J connectivity index is 1.89. The molecule has 1 aromatic heterocycles. The SMILES string of the molecule is NC(=O)CSc1nc2c(c(=O)n1CCc1ccccc1)SCC2. The number of aromatic nitrogens is 2. The van der Waals surface area contributed by atoms with Gasteiger partial charge in [0.2, 0.25) is 5.91 Å². The van der Waals surface area contributed by atoms with Crippen LogP contribution in [0.1, 0.15) is 11.3 Å². The Morgan fingerprint density at radius 1 is 1.35 bits per heavy atom. The minimum absolute atomic E-state index is 0.000372. The van der Waals surface area contributed by atoms with E-state index in [1.165, 1.54) is 17.3 Å². The van der Waals surface area contributed by atoms with Gasteiger partial charge < -0.3 is 5.73 Å². The van der Waals surface area contributed by atoms with Gasteiger partial charge in [-0.2, -0.15) is 0 Å². The fourth-order valence-corrected chi connectivity index (χ4v) is 4.28. The fourth-order valence-electron chi connectivity index (χ4n) is 2.45. The van der Waals surface area contributed by atoms with Crippen LogP contribution in [0.3, 0.4) is 0 Å². The van der Waals surface area contributed by atoms with Gasteiger partial charge in [0.1, 0.15) is 0 Å². The van der Waals surface area contributed by atoms with E-state index in [0.29, 0.717) is 11.7 Å². The second-order valence-electron chi connectivity index (χ2n) is 5.22. The van der Waals surface area contributed by atoms with Gasteiger partial charge in [-0.25, -0.2) is 4.98 Å². The molecule has 1 amide bonds. The lowest BCUT2D eigenvalue weighted by Gasteiger charge is -2.13. The molecule has 0 saturated heterocycles. The lowest BCUT2D eigenvalue weighted by atomic mass is 10.1. The molecule has 1 aliphatic rings. The maximum atomic E-state index is 12.7. The Morgan fingerprint density at radius 3 is 2.87 bits per heavy atom. The van der Waals surface area contributed by atoms with Crippen LogP contribution in [0.4, 0.5) is 0 Å². The normalized spacial score (nSPS) is 13.0. The first-order valence-corrected chi connectivity index (χ1v) is 9.34. The van der Waals surface area contributed by atoms with Crippen molar-refractivity contribution < 1.29 is 4.79 Å². The Kier molecular flexibility index (Phi) is 5.07. The van der Waals surface area contributed by atoms with E-state index in [9.17, 15) is 9.59 Å². The molecule has 0 aliphatic carbocycles. The first-order valence-electron chi connectivity index (χ1n) is 7.36. The first-order chi connectivity index (χ1) is 11.1. The van der Waals surface area contributed by atoms with Crippen LogP contribution in [-0.2, 0) is 24.2 Å². The highest BCUT2D eigenvalue weighted by Crippen LogP contribution is 2.28. The molecule has 0 saturated carbocycles. The van der Waals surface area contributed by atoms with Crippen molar-refractivity contribution in [2.24, 2.45) is 5.73 Å². The molecule has 2 aromatic rings. The molecule has 0 fully saturated rings. The lowest BCUT2D eigenvalue weighted by molar-refractivity contribution is -0.115. The molecule has 2 heterocycles. The molecule has 1 aromatic carbocycles. The van der Waals surface area contributed by atoms with Crippen molar-refractivity contribution >= 4 is 29.4 Å². The highest BCUT2D eigenvalue weighted by atomic mass is 32.2. The van der Waals surface area contributed by atoms with Gasteiger partial charge in [-0.1, -0.05) is 42.1 Å². The summed E-state index contributed by atoms with van der Waals surface area (Å²) in [5.74, 6) is 0.609. The van der Waals surface area contributed by atoms with Crippen LogP contribution in [0.5, 0.6) is 0 Å². The number of rotatable bonds is 6. The Bertz CT molecular complexity index is 775. The summed E-state index contributed by atoms with van der Waals surface area (Å²) < 4.78 is 1.68. The number of nitrogens with two attached hydrogens (primary N) is 1. The summed E-state index contributed by atoms with van der Waals surface area (Å²) in [6.07, 6.45) is 1.55. The molecule has 0 radical (unpaired) electrons. The number of carbonyl (C=O) groups excluding carboxylic acids is 1. The second kappa shape index (κ2) is 7.23. The van der Waals surface area contributed by atoms with E-state index in [2.05, 4.69) is 4.98 Å². The van der Waals surface area contributed by atoms with E-state index in [-0.39, 0.29) is 11.3 Å². The van der Waals surface area contributed by atoms with Crippen LogP contribution in [0.25, 0.3) is 0 Å². The number of benzene rings is 1. The van der Waals surface area contributed by atoms with Crippen LogP contribution >= 0.6 is 23.5 Å². The zero-order chi connectivity index (χ0) is 16.2. The molecule has 0 spiro atoms. The molecule has 7 heteroatoms. The standard InChI is InChI=1S/C16H17N3O2S2/c17-13(20)10-23-16-18-12-7-9-22-14(12)15(21)19(16)8-6-11-4-2-1-3-5-11/h1-5H,6-10H2,(H2,17,20). The smallest absolute Gasteiger partial charge is 0.268 e. The van der Waals surface area contributed by atoms with Crippen molar-refractivity contribution in [3.63, 3.8) is 0 Å². The van der Waals surface area contributed by atoms with Crippen molar-refractivity contribution in [1.82, 2.24) is 9.55 Å². The lowest BCUT2D eigenvalue weighted by Crippen LogP contribution is -2.27. The van der Waals surface area contributed by atoms with Crippen LogP contribution < -0.4 is 11.3 Å². The highest BCUT2D eigenvalue weighted by molar-refractivity contribution is 8.00. The highest BCUT2D eigenvalue weighted by Gasteiger charge is 2.21. The topological polar surface area (TPSA) is 78.0 Å². The van der Waals surface area contributed by atoms with E-state index < -0.39 is 5.91 Å². The monoisotopic (exact) mass is 347 g/mol. The van der Waals surface area contributed by atoms with Gasteiger partial charge in [-0.3, -0.25) is 14.2 Å². The summed E-state index contributed by atoms with van der Waals surface area (Å²) >= 11 is 2.81. The number of hydrogen-bond acceptors (Lipinski definition) is 5. The molecule has 2 N–H and O–H groups in total. The van der Waals surface area contributed by atoms with Gasteiger partial charge in [0, 0.05) is 18.7 Å². The number of carbonyl (C=O) groups is 1. The van der Waals surface area contributed by atoms with Gasteiger partial charge in [0.25, 0.3) is 5.56 Å². The molecule has 5 nitrogen and oxygen atoms in total. The van der Waals surface area contributed by atoms with Crippen molar-refractivity contribution in [2.45, 2.75) is 29.4 Å². The van der Waals surface area contributed by atoms with Crippen LogP contribution in [0, 0.1) is 0 Å². The summed E-state index contributed by atoms with van der Waals surface area (Å²) in [6.45, 7) is 0.546. The Hall–Kier alpha value is -1.73. The van der Waals surface area contributed by atoms with Gasteiger partial charge >= 0.3 is 0 Å². The van der Waals surface area contributed by atoms with E-state index in [0.717, 1.165) is 29.2 Å². The van der Waals surface area contributed by atoms with Gasteiger partial charge in [0.05, 0.1) is 16.3 Å². The zero-order valence-electron chi connectivity index (χ0n) is 12.5. The number of primary amides is 1. The molecule has 0 bridgehead atoms. The average Bonchev–Trinajstić information content (AvgIpc) is 3.02. The molecule has 1 aliphatic heterocycles. The predicted molar refractivity (Wildman–Crippen MR) is 93.0 cm³/mol. The molecular formula is C16H17N3O2S2. The fraction of sp³-hybridized carbons (Fsp3) is 0.312. The Morgan fingerprint density at radius 2 is 2.13 bits per heavy atom. The van der Waals surface area contributed by atoms with Crippen molar-refractivity contribution in [2.75, 3.05) is 11.5 Å². The third-order valence-corrected chi connectivity index (χ3v) is 5.66. The van der Waals surface area contributed by atoms with Gasteiger partial charge in [0.15, 0.2) is 5.16 Å². The molecule has 0 unspecified atom stereocenters. The van der Waals surface area contributed by atoms with E-state index in [4.69, 9.17) is 5.73 Å². The van der Waals surface area contributed by atoms with Crippen molar-refractivity contribution in [3.8, 4) is 0 Å². The molecule has 3 rings (SSSR count). The summed E-state index contributed by atoms with van der Waals surface area (Å²) in [7, 11) is 0. The molecular weight excluding hydrogens is 330 g/mol. The van der Waals surface area contributed by atoms with Gasteiger partial charge in [-0.05, 0) is 12.0 Å². The van der Waals surface area contributed by atoms with Crippen molar-refractivity contribution in [3.05, 3.63) is 51.9 Å². The number of amides is 1. The van der Waals surface area contributed by atoms with Crippen molar-refractivity contribution in [1.29, 1.82) is 0 Å². The predicted octanol–water partition coefficient (Wildman–Crippen LogP) is 1.71. The van der Waals surface area contributed by atoms with Gasteiger partial charge in [-0.15, -0.1) is 11.8 Å².